The van der Waals surface area contributed by atoms with Crippen LogP contribution in [-0.2, 0) is 0 Å². The van der Waals surface area contributed by atoms with E-state index in [0.29, 0.717) is 0 Å². The van der Waals surface area contributed by atoms with Gasteiger partial charge in [0.2, 0.25) is 0 Å². The number of hydrogen-bond donors (Lipinski definition) is 0. The number of fused-ring (bicyclic) bond motifs is 9. The van der Waals surface area contributed by atoms with Gasteiger partial charge in [0.25, 0.3) is 0 Å². The summed E-state index contributed by atoms with van der Waals surface area (Å²) < 4.78 is 2.61. The van der Waals surface area contributed by atoms with E-state index in [1.807, 2.05) is 11.3 Å². The molecule has 1 heterocycles. The molecular weight excluding hydrogens is 719 g/mol. The van der Waals surface area contributed by atoms with Crippen LogP contribution in [0.3, 0.4) is 0 Å². The first-order chi connectivity index (χ1) is 28.7. The molecule has 0 aliphatic rings. The Morgan fingerprint density at radius 1 is 0.276 bits per heavy atom. The monoisotopic (exact) mass is 753 g/mol. The largest absolute Gasteiger partial charge is 0.310 e. The first-order valence-electron chi connectivity index (χ1n) is 19.9. The van der Waals surface area contributed by atoms with Crippen molar-refractivity contribution in [1.82, 2.24) is 0 Å². The van der Waals surface area contributed by atoms with Gasteiger partial charge in [-0.15, -0.1) is 11.3 Å². The van der Waals surface area contributed by atoms with Crippen molar-refractivity contribution < 1.29 is 0 Å². The summed E-state index contributed by atoms with van der Waals surface area (Å²) in [5.74, 6) is 0. The summed E-state index contributed by atoms with van der Waals surface area (Å²) in [7, 11) is 0. The average molecular weight is 754 g/mol. The minimum atomic E-state index is 1.12. The molecule has 0 aliphatic carbocycles. The number of hydrogen-bond acceptors (Lipinski definition) is 2. The highest BCUT2D eigenvalue weighted by molar-refractivity contribution is 7.25. The highest BCUT2D eigenvalue weighted by Crippen LogP contribution is 2.46. The van der Waals surface area contributed by atoms with E-state index in [9.17, 15) is 0 Å². The molecule has 0 unspecified atom stereocenters. The summed E-state index contributed by atoms with van der Waals surface area (Å²) in [6, 6.07) is 78.4. The molecule has 0 aliphatic heterocycles. The summed E-state index contributed by atoms with van der Waals surface area (Å²) in [6.45, 7) is 0. The van der Waals surface area contributed by atoms with E-state index in [1.165, 1.54) is 96.3 Å². The minimum absolute atomic E-state index is 1.12. The first kappa shape index (κ1) is 32.9. The molecule has 2 heteroatoms. The van der Waals surface area contributed by atoms with Crippen molar-refractivity contribution in [2.24, 2.45) is 0 Å². The third-order valence-corrected chi connectivity index (χ3v) is 13.1. The average Bonchev–Trinajstić information content (AvgIpc) is 3.64. The maximum Gasteiger partial charge on any atom is 0.0540 e. The molecule has 1 nitrogen and oxygen atoms in total. The van der Waals surface area contributed by atoms with Gasteiger partial charge in [-0.2, -0.15) is 0 Å². The Bertz CT molecular complexity index is 3580. The molecular formula is C56H35NS. The quantitative estimate of drug-likeness (QED) is 0.158. The lowest BCUT2D eigenvalue weighted by Crippen LogP contribution is -2.10. The molecule has 58 heavy (non-hydrogen) atoms. The predicted octanol–water partition coefficient (Wildman–Crippen LogP) is 16.6. The summed E-state index contributed by atoms with van der Waals surface area (Å²) >= 11 is 1.87. The van der Waals surface area contributed by atoms with Gasteiger partial charge in [0.1, 0.15) is 0 Å². The highest BCUT2D eigenvalue weighted by atomic mass is 32.1. The third-order valence-electron chi connectivity index (χ3n) is 12.0. The number of nitrogens with zero attached hydrogens (tertiary/aromatic N) is 1. The minimum Gasteiger partial charge on any atom is -0.310 e. The van der Waals surface area contributed by atoms with Crippen molar-refractivity contribution in [3.63, 3.8) is 0 Å². The van der Waals surface area contributed by atoms with Gasteiger partial charge in [-0.25, -0.2) is 0 Å². The number of anilines is 3. The van der Waals surface area contributed by atoms with Crippen LogP contribution in [0.1, 0.15) is 0 Å². The van der Waals surface area contributed by atoms with Gasteiger partial charge in [-0.05, 0) is 131 Å². The van der Waals surface area contributed by atoms with E-state index in [4.69, 9.17) is 0 Å². The Morgan fingerprint density at radius 2 is 0.862 bits per heavy atom. The lowest BCUT2D eigenvalue weighted by molar-refractivity contribution is 1.31. The molecule has 0 atom stereocenters. The second-order valence-corrected chi connectivity index (χ2v) is 16.4. The van der Waals surface area contributed by atoms with E-state index in [1.54, 1.807) is 0 Å². The van der Waals surface area contributed by atoms with Gasteiger partial charge in [0.05, 0.1) is 5.69 Å². The third kappa shape index (κ3) is 5.30. The normalized spacial score (nSPS) is 11.8. The van der Waals surface area contributed by atoms with Crippen LogP contribution in [-0.4, -0.2) is 0 Å². The first-order valence-corrected chi connectivity index (χ1v) is 20.7. The second-order valence-electron chi connectivity index (χ2n) is 15.3. The van der Waals surface area contributed by atoms with Crippen LogP contribution in [0, 0.1) is 0 Å². The smallest absolute Gasteiger partial charge is 0.0540 e. The molecule has 0 saturated heterocycles. The van der Waals surface area contributed by atoms with Crippen molar-refractivity contribution in [1.29, 1.82) is 0 Å². The number of thiophene rings is 1. The fraction of sp³-hybridized carbons (Fsp3) is 0. The molecule has 11 aromatic carbocycles. The van der Waals surface area contributed by atoms with Gasteiger partial charge in [-0.3, -0.25) is 0 Å². The summed E-state index contributed by atoms with van der Waals surface area (Å²) in [6.07, 6.45) is 0. The van der Waals surface area contributed by atoms with Crippen molar-refractivity contribution in [2.75, 3.05) is 4.90 Å². The Balaban J connectivity index is 1.06. The molecule has 270 valence electrons. The van der Waals surface area contributed by atoms with Crippen molar-refractivity contribution in [3.05, 3.63) is 212 Å². The predicted molar refractivity (Wildman–Crippen MR) is 252 cm³/mol. The van der Waals surface area contributed by atoms with Crippen LogP contribution in [0.5, 0.6) is 0 Å². The van der Waals surface area contributed by atoms with Crippen LogP contribution in [0.4, 0.5) is 17.1 Å². The zero-order valence-corrected chi connectivity index (χ0v) is 32.4. The van der Waals surface area contributed by atoms with Crippen LogP contribution < -0.4 is 4.90 Å². The van der Waals surface area contributed by atoms with Crippen LogP contribution in [0.25, 0.3) is 96.3 Å². The molecule has 0 fully saturated rings. The topological polar surface area (TPSA) is 3.24 Å². The molecule has 1 aromatic heterocycles. The van der Waals surface area contributed by atoms with Gasteiger partial charge < -0.3 is 4.90 Å². The van der Waals surface area contributed by atoms with Crippen molar-refractivity contribution in [3.8, 4) is 22.3 Å². The van der Waals surface area contributed by atoms with Gasteiger partial charge in [0.15, 0.2) is 0 Å². The van der Waals surface area contributed by atoms with E-state index in [2.05, 4.69) is 217 Å². The second kappa shape index (κ2) is 13.2. The van der Waals surface area contributed by atoms with Crippen LogP contribution >= 0.6 is 11.3 Å². The summed E-state index contributed by atoms with van der Waals surface area (Å²) in [5, 5.41) is 15.1. The maximum absolute atomic E-state index is 2.46. The molecule has 0 saturated carbocycles. The lowest BCUT2D eigenvalue weighted by Gasteiger charge is -2.28. The van der Waals surface area contributed by atoms with E-state index in [-0.39, 0.29) is 0 Å². The molecule has 0 spiro atoms. The fourth-order valence-electron chi connectivity index (χ4n) is 9.20. The summed E-state index contributed by atoms with van der Waals surface area (Å²) in [5.41, 5.74) is 8.35. The highest BCUT2D eigenvalue weighted by Gasteiger charge is 2.20. The van der Waals surface area contributed by atoms with E-state index >= 15 is 0 Å². The molecule has 0 bridgehead atoms. The standard InChI is InChI=1S/C56H35NS/c1-2-12-36(13-3-1)46-27-28-54(50-21-11-10-19-48(46)50)57(44-26-29-55-53(35-44)52-32-37-14-4-5-15-38(37)34-56(52)58-55)43-25-24-39-30-42(23-22-40(39)31-43)51-33-41-16-6-7-17-45(41)47-18-8-9-20-49(47)51/h1-35H. The zero-order valence-electron chi connectivity index (χ0n) is 31.6. The number of benzene rings is 11. The molecule has 0 N–H and O–H groups in total. The molecule has 0 radical (unpaired) electrons. The van der Waals surface area contributed by atoms with Gasteiger partial charge >= 0.3 is 0 Å². The Kier molecular flexibility index (Phi) is 7.47. The molecule has 0 amide bonds. The van der Waals surface area contributed by atoms with Crippen molar-refractivity contribution >= 4 is 102 Å². The molecule has 12 rings (SSSR count). The SMILES string of the molecule is c1ccc(-c2ccc(N(c3ccc4cc(-c5cc6ccccc6c6ccccc56)ccc4c3)c3ccc4sc5cc6ccccc6cc5c4c3)c3ccccc23)cc1. The lowest BCUT2D eigenvalue weighted by atomic mass is 9.92. The van der Waals surface area contributed by atoms with E-state index < -0.39 is 0 Å². The van der Waals surface area contributed by atoms with E-state index in [0.717, 1.165) is 17.1 Å². The Hall–Kier alpha value is -7.26. The van der Waals surface area contributed by atoms with Gasteiger partial charge in [0, 0.05) is 36.9 Å². The number of rotatable bonds is 5. The fourth-order valence-corrected chi connectivity index (χ4v) is 10.3. The maximum atomic E-state index is 2.46. The van der Waals surface area contributed by atoms with Gasteiger partial charge in [-0.1, -0.05) is 152 Å². The Labute approximate surface area is 340 Å². The van der Waals surface area contributed by atoms with Crippen LogP contribution in [0.15, 0.2) is 212 Å². The van der Waals surface area contributed by atoms with Crippen molar-refractivity contribution in [2.45, 2.75) is 0 Å². The zero-order chi connectivity index (χ0) is 38.2. The Morgan fingerprint density at radius 3 is 1.69 bits per heavy atom. The molecule has 12 aromatic rings. The summed E-state index contributed by atoms with van der Waals surface area (Å²) in [4.78, 5) is 2.46. The van der Waals surface area contributed by atoms with Crippen LogP contribution in [0.2, 0.25) is 0 Å².